The fraction of sp³-hybridized carbons (Fsp3) is 0.100. The lowest BCUT2D eigenvalue weighted by Gasteiger charge is -2.07. The lowest BCUT2D eigenvalue weighted by Crippen LogP contribution is -2.20. The lowest BCUT2D eigenvalue weighted by molar-refractivity contribution is -0.139. The highest BCUT2D eigenvalue weighted by Gasteiger charge is 2.15. The third-order valence-electron chi connectivity index (χ3n) is 4.30. The molecule has 0 N–H and O–H groups in total. The molecule has 2 aromatic heterocycles. The number of hydrogen-bond acceptors (Lipinski definition) is 5. The van der Waals surface area contributed by atoms with Crippen molar-refractivity contribution < 1.29 is 9.53 Å². The maximum absolute atomic E-state index is 12.4. The highest BCUT2D eigenvalue weighted by molar-refractivity contribution is 6.30. The van der Waals surface area contributed by atoms with Crippen molar-refractivity contribution in [3.8, 4) is 0 Å². The van der Waals surface area contributed by atoms with Crippen molar-refractivity contribution in [1.29, 1.82) is 0 Å². The van der Waals surface area contributed by atoms with E-state index in [1.165, 1.54) is 10.6 Å². The second-order valence-electron chi connectivity index (χ2n) is 6.13. The minimum absolute atomic E-state index is 0.0813. The van der Waals surface area contributed by atoms with Gasteiger partial charge in [-0.1, -0.05) is 35.9 Å². The first-order valence-electron chi connectivity index (χ1n) is 8.47. The van der Waals surface area contributed by atoms with E-state index in [1.807, 2.05) is 12.1 Å². The number of aromatic nitrogens is 4. The molecule has 0 unspecified atom stereocenters. The molecule has 4 rings (SSSR count). The maximum atomic E-state index is 12.4. The average Bonchev–Trinajstić information content (AvgIpc) is 3.13. The van der Waals surface area contributed by atoms with Crippen molar-refractivity contribution in [3.05, 3.63) is 81.4 Å². The van der Waals surface area contributed by atoms with Crippen molar-refractivity contribution in [1.82, 2.24) is 19.2 Å². The van der Waals surface area contributed by atoms with Crippen molar-refractivity contribution in [2.45, 2.75) is 6.61 Å². The summed E-state index contributed by atoms with van der Waals surface area (Å²) in [4.78, 5) is 24.5. The maximum Gasteiger partial charge on any atom is 0.331 e. The highest BCUT2D eigenvalue weighted by atomic mass is 35.5. The molecule has 0 saturated carbocycles. The van der Waals surface area contributed by atoms with E-state index < -0.39 is 5.97 Å². The number of ether oxygens (including phenoxy) is 1. The van der Waals surface area contributed by atoms with Crippen molar-refractivity contribution >= 4 is 40.3 Å². The highest BCUT2D eigenvalue weighted by Crippen LogP contribution is 2.15. The van der Waals surface area contributed by atoms with E-state index in [9.17, 15) is 9.59 Å². The minimum Gasteiger partial charge on any atom is -0.454 e. The number of fused-ring (bicyclic) bond motifs is 3. The summed E-state index contributed by atoms with van der Waals surface area (Å²) in [6, 6.07) is 14.3. The van der Waals surface area contributed by atoms with Crippen LogP contribution in [0, 0.1) is 0 Å². The smallest absolute Gasteiger partial charge is 0.331 e. The minimum atomic E-state index is -0.522. The number of carbonyl (C=O) groups is 1. The average molecular weight is 395 g/mol. The molecule has 0 saturated heterocycles. The molecule has 28 heavy (non-hydrogen) atoms. The van der Waals surface area contributed by atoms with Crippen LogP contribution in [0.15, 0.2) is 59.4 Å². The van der Waals surface area contributed by atoms with Gasteiger partial charge in [0.25, 0.3) is 5.56 Å². The molecular weight excluding hydrogens is 380 g/mol. The van der Waals surface area contributed by atoms with Gasteiger partial charge < -0.3 is 4.74 Å². The zero-order valence-corrected chi connectivity index (χ0v) is 15.6. The molecule has 0 amide bonds. The van der Waals surface area contributed by atoms with Crippen LogP contribution in [0.4, 0.5) is 0 Å². The molecule has 2 heterocycles. The summed E-state index contributed by atoms with van der Waals surface area (Å²) in [6.45, 7) is -0.0813. The van der Waals surface area contributed by atoms with Crippen LogP contribution in [0.1, 0.15) is 11.4 Å². The van der Waals surface area contributed by atoms with Crippen LogP contribution in [0.2, 0.25) is 5.02 Å². The Morgan fingerprint density at radius 2 is 2.00 bits per heavy atom. The second-order valence-corrected chi connectivity index (χ2v) is 6.57. The monoisotopic (exact) mass is 394 g/mol. The summed E-state index contributed by atoms with van der Waals surface area (Å²) < 4.78 is 8.43. The second kappa shape index (κ2) is 7.28. The summed E-state index contributed by atoms with van der Waals surface area (Å²) in [7, 11) is 1.63. The SMILES string of the molecule is Cn1c(=O)c2ccccc2n2c(COC(=O)/C=C/c3cccc(Cl)c3)nnc12. The first-order valence-corrected chi connectivity index (χ1v) is 8.84. The van der Waals surface area contributed by atoms with Gasteiger partial charge in [0.15, 0.2) is 12.4 Å². The molecule has 8 heteroatoms. The third-order valence-corrected chi connectivity index (χ3v) is 4.53. The molecule has 7 nitrogen and oxygen atoms in total. The van der Waals surface area contributed by atoms with Crippen LogP contribution < -0.4 is 5.56 Å². The number of nitrogens with zero attached hydrogens (tertiary/aromatic N) is 4. The van der Waals surface area contributed by atoms with E-state index in [1.54, 1.807) is 53.9 Å². The van der Waals surface area contributed by atoms with Gasteiger partial charge in [-0.2, -0.15) is 0 Å². The number of benzene rings is 2. The Balaban J connectivity index is 1.60. The van der Waals surface area contributed by atoms with Crippen LogP contribution in [-0.2, 0) is 23.2 Å². The third kappa shape index (κ3) is 3.27. The van der Waals surface area contributed by atoms with Gasteiger partial charge in [0.05, 0.1) is 10.9 Å². The van der Waals surface area contributed by atoms with E-state index in [-0.39, 0.29) is 12.2 Å². The number of hydrogen-bond donors (Lipinski definition) is 0. The van der Waals surface area contributed by atoms with Gasteiger partial charge in [-0.25, -0.2) is 4.79 Å². The molecule has 0 aliphatic rings. The van der Waals surface area contributed by atoms with Gasteiger partial charge >= 0.3 is 5.97 Å². The molecular formula is C20H15ClN4O3. The van der Waals surface area contributed by atoms with E-state index >= 15 is 0 Å². The fourth-order valence-electron chi connectivity index (χ4n) is 2.94. The molecule has 0 bridgehead atoms. The number of rotatable bonds is 4. The number of carbonyl (C=O) groups excluding carboxylic acids is 1. The van der Waals surface area contributed by atoms with Crippen LogP contribution >= 0.6 is 11.6 Å². The summed E-state index contributed by atoms with van der Waals surface area (Å²) in [6.07, 6.45) is 2.94. The molecule has 0 fully saturated rings. The van der Waals surface area contributed by atoms with E-state index in [2.05, 4.69) is 10.2 Å². The molecule has 4 aromatic rings. The molecule has 2 aromatic carbocycles. The summed E-state index contributed by atoms with van der Waals surface area (Å²) in [5, 5.41) is 9.27. The summed E-state index contributed by atoms with van der Waals surface area (Å²) >= 11 is 5.92. The molecule has 0 atom stereocenters. The van der Waals surface area contributed by atoms with Gasteiger partial charge in [0, 0.05) is 18.1 Å². The standard InChI is InChI=1S/C20H15ClN4O3/c1-24-19(27)15-7-2-3-8-16(15)25-17(22-23-20(24)25)12-28-18(26)10-9-13-5-4-6-14(21)11-13/h2-11H,12H2,1H3/b10-9+. The van der Waals surface area contributed by atoms with Crippen molar-refractivity contribution in [3.63, 3.8) is 0 Å². The number of para-hydroxylation sites is 1. The summed E-state index contributed by atoms with van der Waals surface area (Å²) in [5.41, 5.74) is 1.29. The van der Waals surface area contributed by atoms with Crippen molar-refractivity contribution in [2.24, 2.45) is 7.05 Å². The zero-order valence-electron chi connectivity index (χ0n) is 14.9. The van der Waals surface area contributed by atoms with Crippen LogP contribution in [0.25, 0.3) is 22.8 Å². The molecule has 0 aliphatic heterocycles. The van der Waals surface area contributed by atoms with Gasteiger partial charge in [-0.05, 0) is 35.9 Å². The summed E-state index contributed by atoms with van der Waals surface area (Å²) in [5.74, 6) is 0.279. The lowest BCUT2D eigenvalue weighted by atomic mass is 10.2. The molecule has 140 valence electrons. The van der Waals surface area contributed by atoms with Crippen molar-refractivity contribution in [2.75, 3.05) is 0 Å². The largest absolute Gasteiger partial charge is 0.454 e. The fourth-order valence-corrected chi connectivity index (χ4v) is 3.14. The number of halogens is 1. The molecule has 0 radical (unpaired) electrons. The van der Waals surface area contributed by atoms with E-state index in [4.69, 9.17) is 16.3 Å². The Hall–Kier alpha value is -3.45. The van der Waals surface area contributed by atoms with Gasteiger partial charge in [-0.3, -0.25) is 13.8 Å². The molecule has 0 spiro atoms. The normalized spacial score (nSPS) is 11.5. The quantitative estimate of drug-likeness (QED) is 0.393. The first-order chi connectivity index (χ1) is 13.5. The topological polar surface area (TPSA) is 78.5 Å². The predicted molar refractivity (Wildman–Crippen MR) is 106 cm³/mol. The van der Waals surface area contributed by atoms with Gasteiger partial charge in [0.1, 0.15) is 0 Å². The predicted octanol–water partition coefficient (Wildman–Crippen LogP) is 2.99. The Labute approximate surface area is 164 Å². The number of aryl methyl sites for hydroxylation is 1. The van der Waals surface area contributed by atoms with Gasteiger partial charge in [-0.15, -0.1) is 10.2 Å². The first kappa shape index (κ1) is 17.9. The van der Waals surface area contributed by atoms with E-state index in [0.717, 1.165) is 5.56 Å². The number of esters is 1. The Morgan fingerprint density at radius 1 is 1.18 bits per heavy atom. The Kier molecular flexibility index (Phi) is 4.67. The van der Waals surface area contributed by atoms with Crippen LogP contribution in [0.5, 0.6) is 0 Å². The van der Waals surface area contributed by atoms with Crippen LogP contribution in [0.3, 0.4) is 0 Å². The van der Waals surface area contributed by atoms with Gasteiger partial charge in [0.2, 0.25) is 5.78 Å². The zero-order chi connectivity index (χ0) is 19.7. The Morgan fingerprint density at radius 3 is 2.82 bits per heavy atom. The van der Waals surface area contributed by atoms with Crippen LogP contribution in [-0.4, -0.2) is 25.1 Å². The molecule has 0 aliphatic carbocycles. The Bertz CT molecular complexity index is 1290. The van der Waals surface area contributed by atoms with E-state index in [0.29, 0.717) is 27.5 Å².